The Balaban J connectivity index is 1.26. The van der Waals surface area contributed by atoms with Gasteiger partial charge in [-0.05, 0) is 43.0 Å². The maximum atomic E-state index is 13.1. The Labute approximate surface area is 178 Å². The monoisotopic (exact) mass is 415 g/mol. The van der Waals surface area contributed by atoms with Gasteiger partial charge in [0.05, 0.1) is 11.9 Å². The van der Waals surface area contributed by atoms with Crippen LogP contribution in [0.15, 0.2) is 65.8 Å². The highest BCUT2D eigenvalue weighted by Gasteiger charge is 2.26. The zero-order valence-corrected chi connectivity index (χ0v) is 16.8. The van der Waals surface area contributed by atoms with E-state index in [1.807, 2.05) is 41.4 Å². The predicted molar refractivity (Wildman–Crippen MR) is 111 cm³/mol. The van der Waals surface area contributed by atoms with E-state index in [0.717, 1.165) is 25.1 Å². The molecule has 3 aromatic heterocycles. The molecule has 31 heavy (non-hydrogen) atoms. The van der Waals surface area contributed by atoms with E-state index >= 15 is 0 Å². The van der Waals surface area contributed by atoms with E-state index in [2.05, 4.69) is 25.2 Å². The lowest BCUT2D eigenvalue weighted by Gasteiger charge is -2.32. The van der Waals surface area contributed by atoms with E-state index in [1.54, 1.807) is 29.5 Å². The third kappa shape index (κ3) is 4.20. The van der Waals surface area contributed by atoms with Crippen molar-refractivity contribution in [1.82, 2.24) is 34.8 Å². The molecule has 9 nitrogen and oxygen atoms in total. The van der Waals surface area contributed by atoms with E-state index in [4.69, 9.17) is 4.52 Å². The van der Waals surface area contributed by atoms with Crippen molar-refractivity contribution < 1.29 is 9.32 Å². The van der Waals surface area contributed by atoms with Gasteiger partial charge in [-0.3, -0.25) is 9.78 Å². The Bertz CT molecular complexity index is 1160. The summed E-state index contributed by atoms with van der Waals surface area (Å²) in [5, 5.41) is 8.25. The van der Waals surface area contributed by atoms with Gasteiger partial charge in [0.25, 0.3) is 5.91 Å². The van der Waals surface area contributed by atoms with Crippen molar-refractivity contribution in [2.45, 2.75) is 19.3 Å². The van der Waals surface area contributed by atoms with Crippen LogP contribution in [0.5, 0.6) is 0 Å². The van der Waals surface area contributed by atoms with Gasteiger partial charge in [0.2, 0.25) is 11.7 Å². The standard InChI is InChI=1S/C22H21N7O2/c30-22(17-5-1-6-18(13-17)29-11-3-7-25-29)28-10-2-4-16(15-28)12-20-26-21(27-31-20)19-14-23-8-9-24-19/h1,3,5-9,11,13-14,16H,2,4,10,12,15H2. The molecule has 1 atom stereocenters. The molecule has 4 heterocycles. The lowest BCUT2D eigenvalue weighted by molar-refractivity contribution is 0.0668. The van der Waals surface area contributed by atoms with Crippen LogP contribution in [-0.4, -0.2) is 53.8 Å². The second-order valence-corrected chi connectivity index (χ2v) is 7.57. The quantitative estimate of drug-likeness (QED) is 0.494. The van der Waals surface area contributed by atoms with Crippen LogP contribution >= 0.6 is 0 Å². The molecular formula is C22H21N7O2. The van der Waals surface area contributed by atoms with Crippen LogP contribution in [0.1, 0.15) is 29.1 Å². The van der Waals surface area contributed by atoms with Gasteiger partial charge in [0.15, 0.2) is 0 Å². The first kappa shape index (κ1) is 19.1. The van der Waals surface area contributed by atoms with Gasteiger partial charge < -0.3 is 9.42 Å². The molecule has 156 valence electrons. The molecule has 1 aliphatic heterocycles. The molecule has 0 N–H and O–H groups in total. The van der Waals surface area contributed by atoms with Gasteiger partial charge in [-0.2, -0.15) is 10.1 Å². The molecule has 0 bridgehead atoms. The van der Waals surface area contributed by atoms with Crippen molar-refractivity contribution in [2.24, 2.45) is 5.92 Å². The van der Waals surface area contributed by atoms with E-state index in [-0.39, 0.29) is 11.8 Å². The number of rotatable bonds is 5. The average Bonchev–Trinajstić information content (AvgIpc) is 3.52. The Hall–Kier alpha value is -3.88. The van der Waals surface area contributed by atoms with Crippen LogP contribution in [0.2, 0.25) is 0 Å². The molecule has 1 saturated heterocycles. The third-order valence-corrected chi connectivity index (χ3v) is 5.39. The number of benzene rings is 1. The number of amides is 1. The van der Waals surface area contributed by atoms with Gasteiger partial charge in [-0.1, -0.05) is 11.2 Å². The van der Waals surface area contributed by atoms with Crippen molar-refractivity contribution in [3.05, 3.63) is 72.8 Å². The Morgan fingerprint density at radius 2 is 2.16 bits per heavy atom. The lowest BCUT2D eigenvalue weighted by atomic mass is 9.94. The molecule has 1 unspecified atom stereocenters. The first-order valence-electron chi connectivity index (χ1n) is 10.2. The number of carbonyl (C=O) groups excluding carboxylic acids is 1. The van der Waals surface area contributed by atoms with Gasteiger partial charge in [0.1, 0.15) is 5.69 Å². The number of nitrogens with zero attached hydrogens (tertiary/aromatic N) is 7. The Morgan fingerprint density at radius 1 is 1.19 bits per heavy atom. The molecule has 5 rings (SSSR count). The predicted octanol–water partition coefficient (Wildman–Crippen LogP) is 2.81. The normalized spacial score (nSPS) is 16.4. The van der Waals surface area contributed by atoms with Crippen LogP contribution in [0, 0.1) is 5.92 Å². The zero-order chi connectivity index (χ0) is 21.0. The largest absolute Gasteiger partial charge is 0.339 e. The second-order valence-electron chi connectivity index (χ2n) is 7.57. The van der Waals surface area contributed by atoms with E-state index < -0.39 is 0 Å². The summed E-state index contributed by atoms with van der Waals surface area (Å²) in [5.41, 5.74) is 2.11. The number of aromatic nitrogens is 6. The summed E-state index contributed by atoms with van der Waals surface area (Å²) >= 11 is 0. The summed E-state index contributed by atoms with van der Waals surface area (Å²) in [4.78, 5) is 27.7. The van der Waals surface area contributed by atoms with Crippen molar-refractivity contribution in [1.29, 1.82) is 0 Å². The summed E-state index contributed by atoms with van der Waals surface area (Å²) < 4.78 is 7.17. The number of piperidine rings is 1. The first-order chi connectivity index (χ1) is 15.3. The van der Waals surface area contributed by atoms with Crippen LogP contribution in [0.4, 0.5) is 0 Å². The fourth-order valence-electron chi connectivity index (χ4n) is 3.91. The van der Waals surface area contributed by atoms with Crippen molar-refractivity contribution in [3.8, 4) is 17.2 Å². The minimum Gasteiger partial charge on any atom is -0.339 e. The van der Waals surface area contributed by atoms with Crippen LogP contribution in [0.25, 0.3) is 17.2 Å². The van der Waals surface area contributed by atoms with Gasteiger partial charge in [0, 0.05) is 49.9 Å². The van der Waals surface area contributed by atoms with E-state index in [1.165, 1.54) is 0 Å². The highest BCUT2D eigenvalue weighted by Crippen LogP contribution is 2.23. The fourth-order valence-corrected chi connectivity index (χ4v) is 3.91. The van der Waals surface area contributed by atoms with Gasteiger partial charge >= 0.3 is 0 Å². The van der Waals surface area contributed by atoms with Crippen LogP contribution in [0.3, 0.4) is 0 Å². The van der Waals surface area contributed by atoms with Gasteiger partial charge in [-0.25, -0.2) is 9.67 Å². The Kier molecular flexibility index (Phi) is 5.22. The number of hydrogen-bond acceptors (Lipinski definition) is 7. The van der Waals surface area contributed by atoms with Crippen molar-refractivity contribution in [2.75, 3.05) is 13.1 Å². The van der Waals surface area contributed by atoms with Crippen LogP contribution < -0.4 is 0 Å². The maximum Gasteiger partial charge on any atom is 0.253 e. The molecule has 0 radical (unpaired) electrons. The van der Waals surface area contributed by atoms with E-state index in [9.17, 15) is 4.79 Å². The number of hydrogen-bond donors (Lipinski definition) is 0. The second kappa shape index (κ2) is 8.47. The Morgan fingerprint density at radius 3 is 3.00 bits per heavy atom. The summed E-state index contributed by atoms with van der Waals surface area (Å²) in [5.74, 6) is 1.29. The average molecular weight is 415 g/mol. The molecule has 0 saturated carbocycles. The highest BCUT2D eigenvalue weighted by molar-refractivity contribution is 5.94. The highest BCUT2D eigenvalue weighted by atomic mass is 16.5. The molecule has 1 fully saturated rings. The summed E-state index contributed by atoms with van der Waals surface area (Å²) in [6.45, 7) is 1.41. The molecule has 4 aromatic rings. The summed E-state index contributed by atoms with van der Waals surface area (Å²) in [6.07, 6.45) is 11.0. The fraction of sp³-hybridized carbons (Fsp3) is 0.273. The molecular weight excluding hydrogens is 394 g/mol. The third-order valence-electron chi connectivity index (χ3n) is 5.39. The number of likely N-dealkylation sites (tertiary alicyclic amines) is 1. The first-order valence-corrected chi connectivity index (χ1v) is 10.2. The minimum atomic E-state index is 0.0319. The SMILES string of the molecule is O=C(c1cccc(-n2cccn2)c1)N1CCCC(Cc2nc(-c3cnccn3)no2)C1. The van der Waals surface area contributed by atoms with Crippen molar-refractivity contribution in [3.63, 3.8) is 0 Å². The minimum absolute atomic E-state index is 0.0319. The molecule has 1 aromatic carbocycles. The topological polar surface area (TPSA) is 103 Å². The molecule has 1 amide bonds. The van der Waals surface area contributed by atoms with Crippen LogP contribution in [-0.2, 0) is 6.42 Å². The molecule has 9 heteroatoms. The van der Waals surface area contributed by atoms with Crippen molar-refractivity contribution >= 4 is 5.91 Å². The summed E-state index contributed by atoms with van der Waals surface area (Å²) in [6, 6.07) is 9.41. The van der Waals surface area contributed by atoms with Gasteiger partial charge in [-0.15, -0.1) is 0 Å². The zero-order valence-electron chi connectivity index (χ0n) is 16.8. The molecule has 0 aliphatic carbocycles. The number of carbonyl (C=O) groups is 1. The summed E-state index contributed by atoms with van der Waals surface area (Å²) in [7, 11) is 0. The smallest absolute Gasteiger partial charge is 0.253 e. The van der Waals surface area contributed by atoms with E-state index in [0.29, 0.717) is 35.9 Å². The molecule has 0 spiro atoms. The lowest BCUT2D eigenvalue weighted by Crippen LogP contribution is -2.40. The maximum absolute atomic E-state index is 13.1. The molecule has 1 aliphatic rings.